The molecule has 0 aliphatic carbocycles. The lowest BCUT2D eigenvalue weighted by atomic mass is 10.0. The van der Waals surface area contributed by atoms with Crippen LogP contribution < -0.4 is 10.6 Å². The number of aryl methyl sites for hydroxylation is 1. The minimum atomic E-state index is -0.0828. The lowest BCUT2D eigenvalue weighted by Crippen LogP contribution is -2.41. The fourth-order valence-electron chi connectivity index (χ4n) is 3.95. The smallest absolute Gasteiger partial charge is 0.270 e. The zero-order valence-corrected chi connectivity index (χ0v) is 15.9. The summed E-state index contributed by atoms with van der Waals surface area (Å²) in [5.41, 5.74) is 2.91. The lowest BCUT2D eigenvalue weighted by molar-refractivity contribution is 0.0940. The van der Waals surface area contributed by atoms with Crippen LogP contribution in [-0.4, -0.2) is 53.0 Å². The molecule has 1 aromatic carbocycles. The molecule has 0 atom stereocenters. The molecule has 1 aromatic heterocycles. The molecule has 27 heavy (non-hydrogen) atoms. The fraction of sp³-hybridized carbons (Fsp3) is 0.476. The Hall–Kier alpha value is -2.47. The minimum absolute atomic E-state index is 0.0828. The number of carbonyl (C=O) groups excluding carboxylic acids is 1. The third kappa shape index (κ3) is 4.27. The van der Waals surface area contributed by atoms with Gasteiger partial charge in [0.2, 0.25) is 0 Å². The molecule has 0 saturated carbocycles. The van der Waals surface area contributed by atoms with Gasteiger partial charge in [0.15, 0.2) is 0 Å². The minimum Gasteiger partial charge on any atom is -0.367 e. The first-order chi connectivity index (χ1) is 13.2. The van der Waals surface area contributed by atoms with Crippen molar-refractivity contribution in [3.8, 4) is 0 Å². The molecule has 0 unspecified atom stereocenters. The van der Waals surface area contributed by atoms with Crippen LogP contribution in [0.15, 0.2) is 30.3 Å². The molecular weight excluding hydrogens is 338 g/mol. The van der Waals surface area contributed by atoms with Crippen LogP contribution in [0.1, 0.15) is 40.3 Å². The van der Waals surface area contributed by atoms with E-state index in [-0.39, 0.29) is 5.91 Å². The van der Waals surface area contributed by atoms with Gasteiger partial charge in [-0.25, -0.2) is 9.97 Å². The second-order valence-electron chi connectivity index (χ2n) is 7.45. The monoisotopic (exact) mass is 365 g/mol. The van der Waals surface area contributed by atoms with Crippen molar-refractivity contribution in [2.45, 2.75) is 38.6 Å². The summed E-state index contributed by atoms with van der Waals surface area (Å²) in [6, 6.07) is 11.1. The van der Waals surface area contributed by atoms with Crippen LogP contribution in [0, 0.1) is 6.92 Å². The highest BCUT2D eigenvalue weighted by atomic mass is 16.1. The third-order valence-electron chi connectivity index (χ3n) is 5.48. The number of anilines is 1. The van der Waals surface area contributed by atoms with Crippen molar-refractivity contribution in [3.05, 3.63) is 53.0 Å². The normalized spacial score (nSPS) is 18.0. The van der Waals surface area contributed by atoms with Gasteiger partial charge < -0.3 is 15.5 Å². The Labute approximate surface area is 160 Å². The topological polar surface area (TPSA) is 70.2 Å². The number of nitrogens with one attached hydrogen (secondary N) is 2. The molecule has 3 heterocycles. The van der Waals surface area contributed by atoms with Crippen molar-refractivity contribution in [3.63, 3.8) is 0 Å². The fourth-order valence-corrected chi connectivity index (χ4v) is 3.95. The van der Waals surface area contributed by atoms with Gasteiger partial charge in [0.05, 0.1) is 0 Å². The van der Waals surface area contributed by atoms with Gasteiger partial charge in [0, 0.05) is 37.8 Å². The van der Waals surface area contributed by atoms with Crippen molar-refractivity contribution < 1.29 is 4.79 Å². The maximum absolute atomic E-state index is 12.1. The molecule has 2 aliphatic heterocycles. The summed E-state index contributed by atoms with van der Waals surface area (Å²) >= 11 is 0. The highest BCUT2D eigenvalue weighted by Gasteiger charge is 2.25. The molecule has 0 radical (unpaired) electrons. The average Bonchev–Trinajstić information content (AvgIpc) is 2.69. The molecule has 0 spiro atoms. The second kappa shape index (κ2) is 8.05. The van der Waals surface area contributed by atoms with Gasteiger partial charge in [-0.1, -0.05) is 30.3 Å². The molecule has 2 aliphatic rings. The third-order valence-corrected chi connectivity index (χ3v) is 5.48. The van der Waals surface area contributed by atoms with E-state index in [2.05, 4.69) is 55.8 Å². The lowest BCUT2D eigenvalue weighted by Gasteiger charge is -2.33. The summed E-state index contributed by atoms with van der Waals surface area (Å²) in [6.07, 6.45) is 4.09. The van der Waals surface area contributed by atoms with Crippen LogP contribution in [0.3, 0.4) is 0 Å². The zero-order chi connectivity index (χ0) is 18.6. The van der Waals surface area contributed by atoms with Crippen LogP contribution in [0.2, 0.25) is 0 Å². The van der Waals surface area contributed by atoms with E-state index in [0.717, 1.165) is 56.7 Å². The number of fused-ring (bicyclic) bond motifs is 1. The zero-order valence-electron chi connectivity index (χ0n) is 15.9. The summed E-state index contributed by atoms with van der Waals surface area (Å²) in [6.45, 7) is 5.80. The second-order valence-corrected chi connectivity index (χ2v) is 7.45. The van der Waals surface area contributed by atoms with Gasteiger partial charge in [-0.2, -0.15) is 0 Å². The number of benzene rings is 1. The molecule has 142 valence electrons. The highest BCUT2D eigenvalue weighted by Crippen LogP contribution is 2.23. The predicted molar refractivity (Wildman–Crippen MR) is 106 cm³/mol. The Bertz CT molecular complexity index is 800. The van der Waals surface area contributed by atoms with E-state index in [0.29, 0.717) is 24.1 Å². The molecule has 0 bridgehead atoms. The number of amides is 1. The van der Waals surface area contributed by atoms with E-state index < -0.39 is 0 Å². The van der Waals surface area contributed by atoms with Gasteiger partial charge in [-0.3, -0.25) is 4.79 Å². The molecule has 4 rings (SSSR count). The maximum atomic E-state index is 12.1. The van der Waals surface area contributed by atoms with Crippen molar-refractivity contribution in [2.75, 3.05) is 31.5 Å². The first-order valence-electron chi connectivity index (χ1n) is 9.87. The first-order valence-corrected chi connectivity index (χ1v) is 9.87. The number of nitrogens with zero attached hydrogens (tertiary/aromatic N) is 3. The molecule has 2 aromatic rings. The Morgan fingerprint density at radius 3 is 2.74 bits per heavy atom. The van der Waals surface area contributed by atoms with E-state index in [1.165, 1.54) is 5.56 Å². The van der Waals surface area contributed by atoms with E-state index >= 15 is 0 Å². The van der Waals surface area contributed by atoms with Crippen LogP contribution in [-0.2, 0) is 12.8 Å². The summed E-state index contributed by atoms with van der Waals surface area (Å²) in [5.74, 6) is 1.42. The maximum Gasteiger partial charge on any atom is 0.270 e. The molecule has 1 saturated heterocycles. The number of carbonyl (C=O) groups is 1. The van der Waals surface area contributed by atoms with Crippen LogP contribution >= 0.6 is 0 Å². The largest absolute Gasteiger partial charge is 0.367 e. The number of likely N-dealkylation sites (tertiary alicyclic amines) is 1. The SMILES string of the molecule is Cc1nc(NC2CCN(CCc3ccccc3)CC2)c2c(n1)C(=O)NCC2. The van der Waals surface area contributed by atoms with Crippen molar-refractivity contribution >= 4 is 11.7 Å². The summed E-state index contributed by atoms with van der Waals surface area (Å²) < 4.78 is 0. The highest BCUT2D eigenvalue weighted by molar-refractivity contribution is 5.96. The number of rotatable bonds is 5. The molecule has 2 N–H and O–H groups in total. The summed E-state index contributed by atoms with van der Waals surface area (Å²) in [5, 5.41) is 6.47. The standard InChI is InChI=1S/C21H27N5O/c1-15-23-19-18(7-11-22-21(19)27)20(24-15)25-17-9-13-26(14-10-17)12-8-16-5-3-2-4-6-16/h2-6,17H,7-14H2,1H3,(H,22,27)(H,23,24,25). The van der Waals surface area contributed by atoms with Gasteiger partial charge in [-0.15, -0.1) is 0 Å². The number of hydrogen-bond donors (Lipinski definition) is 2. The number of piperidine rings is 1. The Kier molecular flexibility index (Phi) is 5.34. The van der Waals surface area contributed by atoms with Gasteiger partial charge >= 0.3 is 0 Å². The van der Waals surface area contributed by atoms with E-state index in [1.54, 1.807) is 0 Å². The van der Waals surface area contributed by atoms with Crippen molar-refractivity contribution in [1.82, 2.24) is 20.2 Å². The van der Waals surface area contributed by atoms with Crippen molar-refractivity contribution in [2.24, 2.45) is 0 Å². The average molecular weight is 365 g/mol. The molecule has 1 amide bonds. The molecule has 6 nitrogen and oxygen atoms in total. The molecule has 6 heteroatoms. The molecular formula is C21H27N5O. The van der Waals surface area contributed by atoms with Gasteiger partial charge in [0.1, 0.15) is 17.3 Å². The number of hydrogen-bond acceptors (Lipinski definition) is 5. The van der Waals surface area contributed by atoms with E-state index in [9.17, 15) is 4.79 Å². The summed E-state index contributed by atoms with van der Waals surface area (Å²) in [7, 11) is 0. The van der Waals surface area contributed by atoms with Crippen LogP contribution in [0.5, 0.6) is 0 Å². The number of aromatic nitrogens is 2. The quantitative estimate of drug-likeness (QED) is 0.850. The van der Waals surface area contributed by atoms with Gasteiger partial charge in [0.25, 0.3) is 5.91 Å². The van der Waals surface area contributed by atoms with Crippen LogP contribution in [0.4, 0.5) is 5.82 Å². The van der Waals surface area contributed by atoms with E-state index in [4.69, 9.17) is 0 Å². The Morgan fingerprint density at radius 1 is 1.19 bits per heavy atom. The van der Waals surface area contributed by atoms with Crippen LogP contribution in [0.25, 0.3) is 0 Å². The van der Waals surface area contributed by atoms with Crippen molar-refractivity contribution in [1.29, 1.82) is 0 Å². The first kappa shape index (κ1) is 17.9. The molecule has 1 fully saturated rings. The predicted octanol–water partition coefficient (Wildman–Crippen LogP) is 2.19. The van der Waals surface area contributed by atoms with E-state index in [1.807, 2.05) is 6.92 Å². The Balaban J connectivity index is 1.34. The van der Waals surface area contributed by atoms with Gasteiger partial charge in [-0.05, 0) is 38.2 Å². The Morgan fingerprint density at radius 2 is 1.96 bits per heavy atom. The summed E-state index contributed by atoms with van der Waals surface area (Å²) in [4.78, 5) is 23.6.